The molecule has 0 saturated heterocycles. The minimum absolute atomic E-state index is 0.00517. The van der Waals surface area contributed by atoms with E-state index in [0.29, 0.717) is 6.42 Å². The first-order chi connectivity index (χ1) is 8.59. The lowest BCUT2D eigenvalue weighted by Gasteiger charge is -2.35. The summed E-state index contributed by atoms with van der Waals surface area (Å²) in [6.07, 6.45) is 1.33. The number of benzene rings is 1. The van der Waals surface area contributed by atoms with Crippen LogP contribution in [0.15, 0.2) is 18.2 Å². The van der Waals surface area contributed by atoms with Crippen LogP contribution in [0.3, 0.4) is 0 Å². The van der Waals surface area contributed by atoms with Gasteiger partial charge < -0.3 is 4.90 Å². The fourth-order valence-electron chi connectivity index (χ4n) is 3.11. The molecular formula is C15H17NO2. The molecule has 3 rings (SSSR count). The van der Waals surface area contributed by atoms with Crippen molar-refractivity contribution in [3.05, 3.63) is 34.9 Å². The smallest absolute Gasteiger partial charge is 0.225 e. The number of hydrogen-bond acceptors (Lipinski definition) is 2. The van der Waals surface area contributed by atoms with Gasteiger partial charge in [0.15, 0.2) is 5.78 Å². The molecule has 1 amide bonds. The summed E-state index contributed by atoms with van der Waals surface area (Å²) < 4.78 is 0. The summed E-state index contributed by atoms with van der Waals surface area (Å²) in [5.41, 5.74) is 3.19. The van der Waals surface area contributed by atoms with Crippen molar-refractivity contribution < 1.29 is 9.59 Å². The van der Waals surface area contributed by atoms with E-state index < -0.39 is 0 Å². The second-order valence-electron chi connectivity index (χ2n) is 5.46. The largest absolute Gasteiger partial charge is 0.335 e. The molecule has 94 valence electrons. The van der Waals surface area contributed by atoms with Crippen LogP contribution in [-0.2, 0) is 11.2 Å². The van der Waals surface area contributed by atoms with Crippen molar-refractivity contribution in [1.82, 2.24) is 4.90 Å². The van der Waals surface area contributed by atoms with Gasteiger partial charge in [0.1, 0.15) is 0 Å². The summed E-state index contributed by atoms with van der Waals surface area (Å²) >= 11 is 0. The second-order valence-corrected chi connectivity index (χ2v) is 5.46. The van der Waals surface area contributed by atoms with Crippen molar-refractivity contribution in [2.45, 2.75) is 32.7 Å². The Morgan fingerprint density at radius 1 is 1.39 bits per heavy atom. The first-order valence-electron chi connectivity index (χ1n) is 6.55. The number of amides is 1. The normalized spacial score (nSPS) is 21.4. The number of nitrogens with zero attached hydrogens (tertiary/aromatic N) is 1. The van der Waals surface area contributed by atoms with Crippen LogP contribution in [0.2, 0.25) is 0 Å². The molecule has 0 fully saturated rings. The summed E-state index contributed by atoms with van der Waals surface area (Å²) in [7, 11) is 0. The van der Waals surface area contributed by atoms with E-state index in [0.717, 1.165) is 24.1 Å². The molecule has 3 nitrogen and oxygen atoms in total. The molecule has 0 aromatic heterocycles. The lowest BCUT2D eigenvalue weighted by Crippen LogP contribution is -2.41. The topological polar surface area (TPSA) is 37.4 Å². The summed E-state index contributed by atoms with van der Waals surface area (Å²) in [6.45, 7) is 4.58. The molecule has 1 aliphatic carbocycles. The average molecular weight is 243 g/mol. The zero-order valence-corrected chi connectivity index (χ0v) is 10.8. The Kier molecular flexibility index (Phi) is 2.51. The van der Waals surface area contributed by atoms with Gasteiger partial charge in [-0.1, -0.05) is 32.0 Å². The van der Waals surface area contributed by atoms with Gasteiger partial charge in [-0.2, -0.15) is 0 Å². The Hall–Kier alpha value is -1.64. The Morgan fingerprint density at radius 2 is 2.17 bits per heavy atom. The van der Waals surface area contributed by atoms with Crippen molar-refractivity contribution in [1.29, 1.82) is 0 Å². The van der Waals surface area contributed by atoms with Gasteiger partial charge in [0.05, 0.1) is 6.04 Å². The molecule has 1 atom stereocenters. The van der Waals surface area contributed by atoms with Gasteiger partial charge in [0, 0.05) is 24.4 Å². The van der Waals surface area contributed by atoms with Crippen LogP contribution in [-0.4, -0.2) is 23.1 Å². The molecule has 18 heavy (non-hydrogen) atoms. The fraction of sp³-hybridized carbons (Fsp3) is 0.467. The maximum atomic E-state index is 12.2. The number of rotatable bonds is 1. The molecule has 0 bridgehead atoms. The molecule has 0 radical (unpaired) electrons. The van der Waals surface area contributed by atoms with Crippen molar-refractivity contribution >= 4 is 11.7 Å². The van der Waals surface area contributed by atoms with E-state index in [1.807, 2.05) is 30.9 Å². The summed E-state index contributed by atoms with van der Waals surface area (Å²) in [5.74, 6) is 0.338. The van der Waals surface area contributed by atoms with Crippen LogP contribution in [0, 0.1) is 5.92 Å². The highest BCUT2D eigenvalue weighted by molar-refractivity contribution is 6.02. The number of carbonyl (C=O) groups is 2. The minimum atomic E-state index is -0.00708. The minimum Gasteiger partial charge on any atom is -0.335 e. The zero-order chi connectivity index (χ0) is 12.9. The highest BCUT2D eigenvalue weighted by atomic mass is 16.2. The molecule has 1 heterocycles. The Labute approximate surface area is 107 Å². The van der Waals surface area contributed by atoms with Gasteiger partial charge in [-0.15, -0.1) is 0 Å². The van der Waals surface area contributed by atoms with Crippen molar-refractivity contribution in [3.63, 3.8) is 0 Å². The monoisotopic (exact) mass is 243 g/mol. The quantitative estimate of drug-likeness (QED) is 0.759. The Balaban J connectivity index is 2.05. The fourth-order valence-corrected chi connectivity index (χ4v) is 3.11. The third-order valence-electron chi connectivity index (χ3n) is 3.98. The van der Waals surface area contributed by atoms with Gasteiger partial charge >= 0.3 is 0 Å². The SMILES string of the molecule is CC(C)C(=O)N1CCc2cccc3c2C1CC3=O. The summed E-state index contributed by atoms with van der Waals surface area (Å²) in [6, 6.07) is 5.92. The third kappa shape index (κ3) is 1.50. The maximum absolute atomic E-state index is 12.2. The first kappa shape index (κ1) is 11.5. The zero-order valence-electron chi connectivity index (χ0n) is 10.8. The van der Waals surface area contributed by atoms with Gasteiger partial charge in [-0.05, 0) is 17.5 Å². The number of hydrogen-bond donors (Lipinski definition) is 0. The highest BCUT2D eigenvalue weighted by Crippen LogP contribution is 2.41. The number of carbonyl (C=O) groups excluding carboxylic acids is 2. The molecule has 1 aromatic rings. The van der Waals surface area contributed by atoms with Crippen molar-refractivity contribution in [2.24, 2.45) is 5.92 Å². The van der Waals surface area contributed by atoms with Crippen LogP contribution in [0.25, 0.3) is 0 Å². The highest BCUT2D eigenvalue weighted by Gasteiger charge is 2.40. The van der Waals surface area contributed by atoms with E-state index in [9.17, 15) is 9.59 Å². The van der Waals surface area contributed by atoms with Gasteiger partial charge in [-0.3, -0.25) is 9.59 Å². The van der Waals surface area contributed by atoms with Crippen molar-refractivity contribution in [2.75, 3.05) is 6.54 Å². The molecule has 1 unspecified atom stereocenters. The van der Waals surface area contributed by atoms with Crippen molar-refractivity contribution in [3.8, 4) is 0 Å². The predicted octanol–water partition coefficient (Wildman–Crippen LogP) is 2.35. The van der Waals surface area contributed by atoms with Crippen LogP contribution >= 0.6 is 0 Å². The van der Waals surface area contributed by atoms with E-state index in [-0.39, 0.29) is 23.7 Å². The summed E-state index contributed by atoms with van der Waals surface area (Å²) in [5, 5.41) is 0. The van der Waals surface area contributed by atoms with E-state index in [4.69, 9.17) is 0 Å². The van der Waals surface area contributed by atoms with Crippen LogP contribution in [0.5, 0.6) is 0 Å². The molecule has 1 aromatic carbocycles. The molecule has 0 spiro atoms. The molecule has 2 aliphatic rings. The number of Topliss-reactive ketones (excluding diaryl/α,β-unsaturated/α-hetero) is 1. The molecule has 0 saturated carbocycles. The lowest BCUT2D eigenvalue weighted by molar-refractivity contribution is -0.137. The van der Waals surface area contributed by atoms with E-state index in [1.165, 1.54) is 5.56 Å². The third-order valence-corrected chi connectivity index (χ3v) is 3.98. The van der Waals surface area contributed by atoms with Gasteiger partial charge in [-0.25, -0.2) is 0 Å². The van der Waals surface area contributed by atoms with Crippen LogP contribution in [0.1, 0.15) is 47.8 Å². The van der Waals surface area contributed by atoms with Crippen LogP contribution in [0.4, 0.5) is 0 Å². The van der Waals surface area contributed by atoms with E-state index in [2.05, 4.69) is 6.07 Å². The molecular weight excluding hydrogens is 226 g/mol. The van der Waals surface area contributed by atoms with E-state index in [1.54, 1.807) is 0 Å². The molecule has 0 N–H and O–H groups in total. The van der Waals surface area contributed by atoms with Crippen LogP contribution < -0.4 is 0 Å². The summed E-state index contributed by atoms with van der Waals surface area (Å²) in [4.78, 5) is 26.1. The van der Waals surface area contributed by atoms with Gasteiger partial charge in [0.25, 0.3) is 0 Å². The van der Waals surface area contributed by atoms with E-state index >= 15 is 0 Å². The molecule has 3 heteroatoms. The maximum Gasteiger partial charge on any atom is 0.225 e. The van der Waals surface area contributed by atoms with Gasteiger partial charge in [0.2, 0.25) is 5.91 Å². The average Bonchev–Trinajstić information content (AvgIpc) is 2.69. The standard InChI is InChI=1S/C15H17NO2/c1-9(2)15(18)16-7-6-10-4-3-5-11-13(17)8-12(16)14(10)11/h3-5,9,12H,6-8H2,1-2H3. The number of ketones is 1. The second kappa shape index (κ2) is 3.94. The first-order valence-corrected chi connectivity index (χ1v) is 6.55. The lowest BCUT2D eigenvalue weighted by atomic mass is 9.92. The predicted molar refractivity (Wildman–Crippen MR) is 68.4 cm³/mol. The Morgan fingerprint density at radius 3 is 2.89 bits per heavy atom. The molecule has 1 aliphatic heterocycles. The Bertz CT molecular complexity index is 533.